The van der Waals surface area contributed by atoms with Crippen LogP contribution in [0.15, 0.2) is 168 Å². The van der Waals surface area contributed by atoms with Crippen molar-refractivity contribution >= 4 is 22.8 Å². The molecular formula is C50H50N4. The second-order valence-electron chi connectivity index (χ2n) is 16.8. The molecule has 0 fully saturated rings. The van der Waals surface area contributed by atoms with E-state index in [9.17, 15) is 0 Å². The van der Waals surface area contributed by atoms with E-state index in [1.807, 2.05) is 0 Å². The zero-order valence-corrected chi connectivity index (χ0v) is 32.4. The topological polar surface area (TPSA) is 31.2 Å². The summed E-state index contributed by atoms with van der Waals surface area (Å²) in [6.07, 6.45) is 1.70. The van der Waals surface area contributed by atoms with Crippen LogP contribution in [0, 0.1) is 0 Å². The van der Waals surface area contributed by atoms with Crippen molar-refractivity contribution in [2.75, 3.05) is 10.0 Å². The van der Waals surface area contributed by atoms with Gasteiger partial charge in [0, 0.05) is 12.8 Å². The van der Waals surface area contributed by atoms with Gasteiger partial charge in [0.05, 0.1) is 34.9 Å². The quantitative estimate of drug-likeness (QED) is 0.165. The van der Waals surface area contributed by atoms with Crippen molar-refractivity contribution in [3.63, 3.8) is 0 Å². The Balaban J connectivity index is 1.01. The average molecular weight is 707 g/mol. The molecule has 0 amide bonds. The molecule has 4 heteroatoms. The molecule has 0 aliphatic carbocycles. The van der Waals surface area contributed by atoms with Gasteiger partial charge in [-0.25, -0.2) is 0 Å². The van der Waals surface area contributed by atoms with Crippen molar-refractivity contribution in [1.29, 1.82) is 0 Å². The standard InChI is InChI=1S/C50H50N4/c1-49(2,3)41-29-25-39(26-30-41)47-33-45(51-53(47)43-13-9-7-10-14-43)37-21-17-35(18-22-37)36-19-23-38(24-20-36)46-34-48(54(52-46)44-15-11-8-12-16-44)40-27-31-42(32-28-40)50(4,5)6/h7-32,47-48H,33-34H2,1-6H3. The molecule has 6 aromatic carbocycles. The maximum atomic E-state index is 5.22. The molecule has 0 radical (unpaired) electrons. The first-order chi connectivity index (χ1) is 26.0. The van der Waals surface area contributed by atoms with Gasteiger partial charge in [-0.3, -0.25) is 10.0 Å². The first-order valence-corrected chi connectivity index (χ1v) is 19.3. The summed E-state index contributed by atoms with van der Waals surface area (Å²) in [6.45, 7) is 13.6. The van der Waals surface area contributed by atoms with E-state index in [-0.39, 0.29) is 22.9 Å². The molecule has 2 unspecified atom stereocenters. The third kappa shape index (κ3) is 7.26. The summed E-state index contributed by atoms with van der Waals surface area (Å²) >= 11 is 0. The summed E-state index contributed by atoms with van der Waals surface area (Å²) < 4.78 is 0. The number of benzene rings is 6. The first-order valence-electron chi connectivity index (χ1n) is 19.3. The maximum Gasteiger partial charge on any atom is 0.0831 e. The highest BCUT2D eigenvalue weighted by atomic mass is 15.5. The minimum Gasteiger partial charge on any atom is -0.257 e. The molecule has 0 saturated heterocycles. The molecule has 0 N–H and O–H groups in total. The first kappa shape index (κ1) is 35.3. The fraction of sp³-hybridized carbons (Fsp3) is 0.240. The van der Waals surface area contributed by atoms with E-state index in [0.29, 0.717) is 0 Å². The van der Waals surface area contributed by atoms with Crippen LogP contribution in [0.3, 0.4) is 0 Å². The highest BCUT2D eigenvalue weighted by Gasteiger charge is 2.32. The normalized spacial score (nSPS) is 17.4. The van der Waals surface area contributed by atoms with E-state index in [1.54, 1.807) is 0 Å². The fourth-order valence-corrected chi connectivity index (χ4v) is 7.65. The van der Waals surface area contributed by atoms with Crippen molar-refractivity contribution in [3.05, 3.63) is 191 Å². The van der Waals surface area contributed by atoms with Gasteiger partial charge in [0.1, 0.15) is 0 Å². The lowest BCUT2D eigenvalue weighted by Crippen LogP contribution is -2.19. The highest BCUT2D eigenvalue weighted by Crippen LogP contribution is 2.39. The molecule has 8 rings (SSSR count). The Bertz CT molecular complexity index is 2090. The van der Waals surface area contributed by atoms with Crippen molar-refractivity contribution < 1.29 is 0 Å². The predicted octanol–water partition coefficient (Wildman–Crippen LogP) is 12.7. The molecule has 0 aromatic heterocycles. The minimum absolute atomic E-state index is 0.119. The van der Waals surface area contributed by atoms with Crippen LogP contribution in [-0.4, -0.2) is 11.4 Å². The average Bonchev–Trinajstić information content (AvgIpc) is 3.85. The third-order valence-electron chi connectivity index (χ3n) is 11.0. The molecule has 0 spiro atoms. The van der Waals surface area contributed by atoms with Crippen LogP contribution in [0.1, 0.15) is 99.8 Å². The highest BCUT2D eigenvalue weighted by molar-refractivity contribution is 6.04. The number of anilines is 2. The largest absolute Gasteiger partial charge is 0.257 e. The van der Waals surface area contributed by atoms with Crippen molar-refractivity contribution in [3.8, 4) is 11.1 Å². The summed E-state index contributed by atoms with van der Waals surface area (Å²) in [5.74, 6) is 0. The zero-order chi connectivity index (χ0) is 37.5. The lowest BCUT2D eigenvalue weighted by Gasteiger charge is -2.25. The number of rotatable bonds is 7. The Morgan fingerprint density at radius 1 is 0.389 bits per heavy atom. The summed E-state index contributed by atoms with van der Waals surface area (Å²) in [5.41, 5.74) is 14.6. The minimum atomic E-state index is 0.119. The number of hydrogen-bond acceptors (Lipinski definition) is 4. The van der Waals surface area contributed by atoms with Crippen LogP contribution in [0.4, 0.5) is 11.4 Å². The van der Waals surface area contributed by atoms with E-state index in [1.165, 1.54) is 33.4 Å². The van der Waals surface area contributed by atoms with E-state index < -0.39 is 0 Å². The van der Waals surface area contributed by atoms with Gasteiger partial charge in [0.25, 0.3) is 0 Å². The molecule has 54 heavy (non-hydrogen) atoms. The molecule has 270 valence electrons. The van der Waals surface area contributed by atoms with Crippen LogP contribution in [0.5, 0.6) is 0 Å². The Morgan fingerprint density at radius 3 is 1.02 bits per heavy atom. The van der Waals surface area contributed by atoms with Gasteiger partial charge in [-0.1, -0.05) is 175 Å². The second-order valence-corrected chi connectivity index (χ2v) is 16.8. The van der Waals surface area contributed by atoms with E-state index >= 15 is 0 Å². The SMILES string of the molecule is CC(C)(C)c1ccc(C2CC(c3ccc(-c4ccc(C5=NN(c6ccccc6)C(c6ccc(C(C)(C)C)cc6)C5)cc4)cc3)=NN2c2ccccc2)cc1. The van der Waals surface area contributed by atoms with E-state index in [0.717, 1.165) is 46.8 Å². The molecule has 2 aliphatic heterocycles. The Labute approximate surface area is 321 Å². The van der Waals surface area contributed by atoms with Crippen molar-refractivity contribution in [1.82, 2.24) is 0 Å². The Hall–Kier alpha value is -5.74. The number of hydrazone groups is 2. The number of nitrogens with zero attached hydrogens (tertiary/aromatic N) is 4. The van der Waals surface area contributed by atoms with Gasteiger partial charge < -0.3 is 0 Å². The van der Waals surface area contributed by atoms with Gasteiger partial charge >= 0.3 is 0 Å². The van der Waals surface area contributed by atoms with Gasteiger partial charge in [-0.15, -0.1) is 0 Å². The molecular weight excluding hydrogens is 657 g/mol. The van der Waals surface area contributed by atoms with Gasteiger partial charge in [0.2, 0.25) is 0 Å². The number of para-hydroxylation sites is 2. The van der Waals surface area contributed by atoms with E-state index in [2.05, 4.69) is 209 Å². The van der Waals surface area contributed by atoms with Crippen LogP contribution in [0.25, 0.3) is 11.1 Å². The number of hydrogen-bond donors (Lipinski definition) is 0. The molecule has 0 bridgehead atoms. The second kappa shape index (κ2) is 14.2. The molecule has 0 saturated carbocycles. The summed E-state index contributed by atoms with van der Waals surface area (Å²) in [6, 6.07) is 57.4. The summed E-state index contributed by atoms with van der Waals surface area (Å²) in [5, 5.41) is 14.8. The van der Waals surface area contributed by atoms with Gasteiger partial charge in [0.15, 0.2) is 0 Å². The molecule has 2 heterocycles. The lowest BCUT2D eigenvalue weighted by atomic mass is 9.86. The monoisotopic (exact) mass is 706 g/mol. The van der Waals surface area contributed by atoms with Crippen molar-refractivity contribution in [2.45, 2.75) is 77.3 Å². The molecule has 2 atom stereocenters. The van der Waals surface area contributed by atoms with E-state index in [4.69, 9.17) is 10.2 Å². The smallest absolute Gasteiger partial charge is 0.0831 e. The van der Waals surface area contributed by atoms with Crippen LogP contribution >= 0.6 is 0 Å². The van der Waals surface area contributed by atoms with Crippen LogP contribution < -0.4 is 10.0 Å². The predicted molar refractivity (Wildman–Crippen MR) is 228 cm³/mol. The fourth-order valence-electron chi connectivity index (χ4n) is 7.65. The van der Waals surface area contributed by atoms with Crippen LogP contribution in [-0.2, 0) is 10.8 Å². The molecule has 2 aliphatic rings. The Kier molecular flexibility index (Phi) is 9.31. The van der Waals surface area contributed by atoms with Gasteiger partial charge in [-0.2, -0.15) is 10.2 Å². The Morgan fingerprint density at radius 2 is 0.704 bits per heavy atom. The third-order valence-corrected chi connectivity index (χ3v) is 11.0. The lowest BCUT2D eigenvalue weighted by molar-refractivity contribution is 0.589. The maximum absolute atomic E-state index is 5.22. The van der Waals surface area contributed by atoms with Crippen LogP contribution in [0.2, 0.25) is 0 Å². The molecule has 6 aromatic rings. The zero-order valence-electron chi connectivity index (χ0n) is 32.4. The summed E-state index contributed by atoms with van der Waals surface area (Å²) in [7, 11) is 0. The van der Waals surface area contributed by atoms with Crippen molar-refractivity contribution in [2.24, 2.45) is 10.2 Å². The summed E-state index contributed by atoms with van der Waals surface area (Å²) in [4.78, 5) is 0. The van der Waals surface area contributed by atoms with Gasteiger partial charge in [-0.05, 0) is 79.6 Å². The molecule has 4 nitrogen and oxygen atoms in total.